The van der Waals surface area contributed by atoms with Gasteiger partial charge in [-0.15, -0.1) is 0 Å². The van der Waals surface area contributed by atoms with E-state index in [2.05, 4.69) is 19.6 Å². The summed E-state index contributed by atoms with van der Waals surface area (Å²) in [5, 5.41) is 0. The molecule has 1 fully saturated rings. The second-order valence-electron chi connectivity index (χ2n) is 4.95. The van der Waals surface area contributed by atoms with Gasteiger partial charge in [0.25, 0.3) is 0 Å². The fourth-order valence-electron chi connectivity index (χ4n) is 2.69. The first-order valence-electron chi connectivity index (χ1n) is 6.45. The van der Waals surface area contributed by atoms with Crippen LogP contribution in [0.4, 0.5) is 0 Å². The van der Waals surface area contributed by atoms with E-state index in [9.17, 15) is 0 Å². The zero-order valence-corrected chi connectivity index (χ0v) is 10.6. The van der Waals surface area contributed by atoms with Gasteiger partial charge < -0.3 is 0 Å². The van der Waals surface area contributed by atoms with E-state index in [-0.39, 0.29) is 0 Å². The Hall–Kier alpha value is 0.350. The zero-order valence-electron chi connectivity index (χ0n) is 9.67. The summed E-state index contributed by atoms with van der Waals surface area (Å²) in [6, 6.07) is 0. The van der Waals surface area contributed by atoms with Gasteiger partial charge in [0.1, 0.15) is 0 Å². The minimum absolute atomic E-state index is 0.994. The fourth-order valence-corrected chi connectivity index (χ4v) is 2.92. The number of rotatable bonds is 7. The Morgan fingerprint density at radius 1 is 1.07 bits per heavy atom. The van der Waals surface area contributed by atoms with Gasteiger partial charge in [-0.1, -0.05) is 58.3 Å². The molecule has 0 heterocycles. The fraction of sp³-hybridized carbons (Fsp3) is 1.00. The van der Waals surface area contributed by atoms with Crippen LogP contribution in [0.3, 0.4) is 0 Å². The Balaban J connectivity index is 1.94. The van der Waals surface area contributed by atoms with Gasteiger partial charge in [-0.05, 0) is 24.0 Å². The molecule has 0 bridgehead atoms. The van der Waals surface area contributed by atoms with Gasteiger partial charge in [0.15, 0.2) is 0 Å². The first kappa shape index (κ1) is 12.4. The van der Waals surface area contributed by atoms with Gasteiger partial charge in [-0.2, -0.15) is 12.6 Å². The van der Waals surface area contributed by atoms with E-state index in [1.54, 1.807) is 0 Å². The highest BCUT2D eigenvalue weighted by atomic mass is 32.1. The molecule has 0 aromatic carbocycles. The van der Waals surface area contributed by atoms with Gasteiger partial charge in [0.2, 0.25) is 0 Å². The normalized spacial score (nSPS) is 20.1. The Morgan fingerprint density at radius 2 is 1.71 bits per heavy atom. The molecule has 1 atom stereocenters. The Kier molecular flexibility index (Phi) is 6.76. The number of hydrogen-bond acceptors (Lipinski definition) is 1. The summed E-state index contributed by atoms with van der Waals surface area (Å²) in [7, 11) is 0. The third kappa shape index (κ3) is 4.72. The molecule has 1 aliphatic rings. The monoisotopic (exact) mass is 214 g/mol. The van der Waals surface area contributed by atoms with E-state index < -0.39 is 0 Å². The first-order valence-corrected chi connectivity index (χ1v) is 7.08. The van der Waals surface area contributed by atoms with Gasteiger partial charge in [0, 0.05) is 0 Å². The van der Waals surface area contributed by atoms with Crippen LogP contribution in [0.25, 0.3) is 0 Å². The molecule has 0 N–H and O–H groups in total. The van der Waals surface area contributed by atoms with Crippen LogP contribution in [0.15, 0.2) is 0 Å². The molecule has 0 aliphatic heterocycles. The molecule has 0 amide bonds. The second kappa shape index (κ2) is 7.62. The van der Waals surface area contributed by atoms with Crippen molar-refractivity contribution in [2.24, 2.45) is 11.8 Å². The van der Waals surface area contributed by atoms with Crippen LogP contribution in [0.1, 0.15) is 64.7 Å². The lowest BCUT2D eigenvalue weighted by Crippen LogP contribution is -2.07. The number of unbranched alkanes of at least 4 members (excludes halogenated alkanes) is 3. The summed E-state index contributed by atoms with van der Waals surface area (Å²) in [5.41, 5.74) is 0. The molecule has 0 spiro atoms. The van der Waals surface area contributed by atoms with Crippen molar-refractivity contribution >= 4 is 12.6 Å². The Bertz CT molecular complexity index is 127. The highest BCUT2D eigenvalue weighted by Crippen LogP contribution is 2.33. The lowest BCUT2D eigenvalue weighted by atomic mass is 9.88. The lowest BCUT2D eigenvalue weighted by Gasteiger charge is -2.18. The van der Waals surface area contributed by atoms with Crippen molar-refractivity contribution in [2.75, 3.05) is 5.75 Å². The van der Waals surface area contributed by atoms with Crippen LogP contribution in [-0.4, -0.2) is 5.75 Å². The summed E-state index contributed by atoms with van der Waals surface area (Å²) in [5.74, 6) is 3.13. The predicted octanol–water partition coefficient (Wildman–Crippen LogP) is 4.69. The van der Waals surface area contributed by atoms with E-state index in [4.69, 9.17) is 0 Å². The second-order valence-corrected chi connectivity index (χ2v) is 5.40. The maximum atomic E-state index is 4.23. The van der Waals surface area contributed by atoms with E-state index >= 15 is 0 Å². The van der Waals surface area contributed by atoms with E-state index in [0.717, 1.165) is 17.6 Å². The molecule has 1 unspecified atom stereocenters. The molecule has 0 radical (unpaired) electrons. The topological polar surface area (TPSA) is 0 Å². The third-order valence-corrected chi connectivity index (χ3v) is 4.09. The predicted molar refractivity (Wildman–Crippen MR) is 68.1 cm³/mol. The summed E-state index contributed by atoms with van der Waals surface area (Å²) in [4.78, 5) is 0. The van der Waals surface area contributed by atoms with Crippen LogP contribution in [0, 0.1) is 11.8 Å². The SMILES string of the molecule is CC(CCCCCCS)C1CCCC1. The highest BCUT2D eigenvalue weighted by molar-refractivity contribution is 7.80. The standard InChI is InChI=1S/C13H26S/c1-12(13-9-5-6-10-13)8-4-2-3-7-11-14/h12-14H,2-11H2,1H3. The van der Waals surface area contributed by atoms with E-state index in [1.807, 2.05) is 0 Å². The molecule has 84 valence electrons. The largest absolute Gasteiger partial charge is 0.179 e. The van der Waals surface area contributed by atoms with Crippen molar-refractivity contribution in [1.82, 2.24) is 0 Å². The van der Waals surface area contributed by atoms with E-state index in [0.29, 0.717) is 0 Å². The quantitative estimate of drug-likeness (QED) is 0.461. The maximum Gasteiger partial charge on any atom is -0.00979 e. The minimum Gasteiger partial charge on any atom is -0.179 e. The Labute approximate surface area is 95.3 Å². The molecule has 1 rings (SSSR count). The van der Waals surface area contributed by atoms with Crippen LogP contribution in [0.5, 0.6) is 0 Å². The molecular formula is C13H26S. The molecule has 0 saturated heterocycles. The molecule has 14 heavy (non-hydrogen) atoms. The summed E-state index contributed by atoms with van der Waals surface area (Å²) in [6.45, 7) is 2.47. The molecule has 1 heteroatoms. The first-order chi connectivity index (χ1) is 6.84. The zero-order chi connectivity index (χ0) is 10.2. The van der Waals surface area contributed by atoms with E-state index in [1.165, 1.54) is 57.8 Å². The number of hydrogen-bond donors (Lipinski definition) is 1. The summed E-state index contributed by atoms with van der Waals surface area (Å²) < 4.78 is 0. The summed E-state index contributed by atoms with van der Waals surface area (Å²) >= 11 is 4.23. The summed E-state index contributed by atoms with van der Waals surface area (Å²) in [6.07, 6.45) is 13.1. The van der Waals surface area contributed by atoms with Crippen molar-refractivity contribution in [1.29, 1.82) is 0 Å². The van der Waals surface area contributed by atoms with Crippen molar-refractivity contribution in [2.45, 2.75) is 64.7 Å². The van der Waals surface area contributed by atoms with Crippen LogP contribution in [-0.2, 0) is 0 Å². The highest BCUT2D eigenvalue weighted by Gasteiger charge is 2.20. The van der Waals surface area contributed by atoms with Gasteiger partial charge in [-0.3, -0.25) is 0 Å². The minimum atomic E-state index is 0.994. The molecule has 0 nitrogen and oxygen atoms in total. The van der Waals surface area contributed by atoms with Gasteiger partial charge in [0.05, 0.1) is 0 Å². The third-order valence-electron chi connectivity index (χ3n) is 3.77. The van der Waals surface area contributed by atoms with Crippen molar-refractivity contribution in [3.05, 3.63) is 0 Å². The molecule has 0 aromatic rings. The molecule has 1 aliphatic carbocycles. The van der Waals surface area contributed by atoms with Crippen LogP contribution >= 0.6 is 12.6 Å². The van der Waals surface area contributed by atoms with Crippen molar-refractivity contribution in [3.63, 3.8) is 0 Å². The van der Waals surface area contributed by atoms with Crippen LogP contribution in [0.2, 0.25) is 0 Å². The van der Waals surface area contributed by atoms with Gasteiger partial charge >= 0.3 is 0 Å². The molecule has 1 saturated carbocycles. The van der Waals surface area contributed by atoms with Crippen molar-refractivity contribution in [3.8, 4) is 0 Å². The average Bonchev–Trinajstić information content (AvgIpc) is 2.70. The van der Waals surface area contributed by atoms with Crippen LogP contribution < -0.4 is 0 Å². The van der Waals surface area contributed by atoms with Gasteiger partial charge in [-0.25, -0.2) is 0 Å². The smallest absolute Gasteiger partial charge is 0.00979 e. The Morgan fingerprint density at radius 3 is 2.36 bits per heavy atom. The molecule has 0 aromatic heterocycles. The number of thiol groups is 1. The van der Waals surface area contributed by atoms with Crippen molar-refractivity contribution < 1.29 is 0 Å². The lowest BCUT2D eigenvalue weighted by molar-refractivity contribution is 0.334. The molecular weight excluding hydrogens is 188 g/mol. The maximum absolute atomic E-state index is 4.23. The average molecular weight is 214 g/mol.